The zero-order chi connectivity index (χ0) is 21.6. The molecule has 1 aromatic heterocycles. The van der Waals surface area contributed by atoms with Crippen molar-refractivity contribution in [1.29, 1.82) is 0 Å². The van der Waals surface area contributed by atoms with Gasteiger partial charge in [0.1, 0.15) is 17.2 Å². The van der Waals surface area contributed by atoms with Crippen molar-refractivity contribution in [1.82, 2.24) is 14.8 Å². The maximum absolute atomic E-state index is 13.8. The molecule has 0 saturated carbocycles. The van der Waals surface area contributed by atoms with Gasteiger partial charge in [0.15, 0.2) is 11.4 Å². The quantitative estimate of drug-likeness (QED) is 0.805. The summed E-state index contributed by atoms with van der Waals surface area (Å²) in [6.45, 7) is 3.93. The number of piperidine rings is 1. The number of benzene rings is 1. The van der Waals surface area contributed by atoms with Gasteiger partial charge in [-0.2, -0.15) is 0 Å². The number of aromatic nitrogens is 1. The third-order valence-electron chi connectivity index (χ3n) is 5.49. The summed E-state index contributed by atoms with van der Waals surface area (Å²) in [4.78, 5) is 39.5. The van der Waals surface area contributed by atoms with Gasteiger partial charge < -0.3 is 19.9 Å². The van der Waals surface area contributed by atoms with Crippen LogP contribution in [0.1, 0.15) is 45.7 Å². The number of halogens is 2. The number of rotatable bonds is 3. The van der Waals surface area contributed by atoms with Crippen molar-refractivity contribution in [3.05, 3.63) is 75.4 Å². The molecule has 0 unspecified atom stereocenters. The molecule has 1 fully saturated rings. The first-order valence-electron chi connectivity index (χ1n) is 9.47. The highest BCUT2D eigenvalue weighted by molar-refractivity contribution is 5.99. The summed E-state index contributed by atoms with van der Waals surface area (Å²) in [5.41, 5.74) is -0.862. The van der Waals surface area contributed by atoms with E-state index in [1.165, 1.54) is 21.7 Å². The lowest BCUT2D eigenvalue weighted by Crippen LogP contribution is -2.50. The Kier molecular flexibility index (Phi) is 4.89. The first-order chi connectivity index (χ1) is 14.3. The lowest BCUT2D eigenvalue weighted by molar-refractivity contribution is 0.0608. The predicted molar refractivity (Wildman–Crippen MR) is 103 cm³/mol. The van der Waals surface area contributed by atoms with Crippen molar-refractivity contribution >= 4 is 11.8 Å². The molecular formula is C21H19F2N3O4. The minimum Gasteiger partial charge on any atom is -0.503 e. The second-order valence-electron chi connectivity index (χ2n) is 7.43. The highest BCUT2D eigenvalue weighted by atomic mass is 19.1. The Morgan fingerprint density at radius 3 is 2.80 bits per heavy atom. The van der Waals surface area contributed by atoms with Crippen LogP contribution >= 0.6 is 0 Å². The van der Waals surface area contributed by atoms with Crippen molar-refractivity contribution in [2.45, 2.75) is 38.4 Å². The van der Waals surface area contributed by atoms with Gasteiger partial charge in [0.25, 0.3) is 11.8 Å². The van der Waals surface area contributed by atoms with E-state index in [0.29, 0.717) is 24.7 Å². The molecular weight excluding hydrogens is 396 g/mol. The van der Waals surface area contributed by atoms with Gasteiger partial charge in [-0.3, -0.25) is 14.4 Å². The largest absolute Gasteiger partial charge is 0.503 e. The number of allylic oxidation sites excluding steroid dienone is 1. The molecule has 2 N–H and O–H groups in total. The number of hydrogen-bond donors (Lipinski definition) is 2. The zero-order valence-corrected chi connectivity index (χ0v) is 16.0. The first kappa shape index (κ1) is 19.8. The van der Waals surface area contributed by atoms with Crippen LogP contribution in [0.2, 0.25) is 0 Å². The van der Waals surface area contributed by atoms with Gasteiger partial charge in [0, 0.05) is 36.6 Å². The second kappa shape index (κ2) is 7.40. The van der Waals surface area contributed by atoms with Crippen LogP contribution in [0.5, 0.6) is 5.75 Å². The van der Waals surface area contributed by atoms with Gasteiger partial charge in [-0.25, -0.2) is 8.78 Å². The molecule has 3 heterocycles. The van der Waals surface area contributed by atoms with E-state index >= 15 is 0 Å². The number of nitrogens with zero attached hydrogens (tertiary/aromatic N) is 2. The normalized spacial score (nSPS) is 18.1. The highest BCUT2D eigenvalue weighted by Crippen LogP contribution is 2.33. The zero-order valence-electron chi connectivity index (χ0n) is 16.0. The number of carbonyl (C=O) groups excluding carboxylic acids is 2. The number of amides is 2. The average molecular weight is 415 g/mol. The Labute approximate surface area is 170 Å². The van der Waals surface area contributed by atoms with E-state index in [0.717, 1.165) is 18.9 Å². The monoisotopic (exact) mass is 415 g/mol. The van der Waals surface area contributed by atoms with Crippen molar-refractivity contribution < 1.29 is 23.5 Å². The minimum absolute atomic E-state index is 0.0403. The van der Waals surface area contributed by atoms with Crippen LogP contribution in [0.3, 0.4) is 0 Å². The van der Waals surface area contributed by atoms with Crippen molar-refractivity contribution in [2.24, 2.45) is 0 Å². The van der Waals surface area contributed by atoms with E-state index in [9.17, 15) is 28.3 Å². The van der Waals surface area contributed by atoms with Gasteiger partial charge in [-0.05, 0) is 25.3 Å². The van der Waals surface area contributed by atoms with Crippen LogP contribution in [0.15, 0.2) is 41.5 Å². The Bertz CT molecular complexity index is 1140. The Balaban J connectivity index is 1.63. The fraction of sp³-hybridized carbons (Fsp3) is 0.286. The molecule has 2 aromatic rings. The lowest BCUT2D eigenvalue weighted by atomic mass is 9.96. The molecule has 9 heteroatoms. The maximum atomic E-state index is 13.8. The predicted octanol–water partition coefficient (Wildman–Crippen LogP) is 2.28. The van der Waals surface area contributed by atoms with Crippen LogP contribution in [-0.2, 0) is 13.1 Å². The second-order valence-corrected chi connectivity index (χ2v) is 7.43. The first-order valence-corrected chi connectivity index (χ1v) is 9.47. The average Bonchev–Trinajstić information content (AvgIpc) is 2.69. The molecule has 1 aromatic carbocycles. The third kappa shape index (κ3) is 3.26. The van der Waals surface area contributed by atoms with E-state index in [2.05, 4.69) is 11.9 Å². The summed E-state index contributed by atoms with van der Waals surface area (Å²) in [6, 6.07) is 2.76. The number of fused-ring (bicyclic) bond motifs is 2. The molecule has 7 nitrogen and oxygen atoms in total. The summed E-state index contributed by atoms with van der Waals surface area (Å²) in [7, 11) is 0. The minimum atomic E-state index is -0.993. The smallest absolute Gasteiger partial charge is 0.278 e. The number of hydrogen-bond acceptors (Lipinski definition) is 4. The summed E-state index contributed by atoms with van der Waals surface area (Å²) in [5, 5.41) is 12.8. The molecule has 2 aliphatic heterocycles. The molecule has 1 saturated heterocycles. The van der Waals surface area contributed by atoms with E-state index in [1.807, 2.05) is 0 Å². The fourth-order valence-electron chi connectivity index (χ4n) is 3.99. The SMILES string of the molecule is C=C1CCC[C@H]2Cn3cc(C(=O)NCc4ccc(F)cc4F)c(=O)c(O)c3C(=O)N12. The molecule has 0 radical (unpaired) electrons. The van der Waals surface area contributed by atoms with Crippen LogP contribution in [-0.4, -0.2) is 32.4 Å². The van der Waals surface area contributed by atoms with Crippen molar-refractivity contribution in [3.8, 4) is 5.75 Å². The Morgan fingerprint density at radius 1 is 1.30 bits per heavy atom. The van der Waals surface area contributed by atoms with Crippen molar-refractivity contribution in [2.75, 3.05) is 0 Å². The summed E-state index contributed by atoms with van der Waals surface area (Å²) in [6.07, 6.45) is 3.50. The van der Waals surface area contributed by atoms with Crippen LogP contribution < -0.4 is 10.7 Å². The molecule has 0 bridgehead atoms. The number of carbonyl (C=O) groups is 2. The van der Waals surface area contributed by atoms with Gasteiger partial charge in [0.05, 0.1) is 6.04 Å². The molecule has 1 atom stereocenters. The Morgan fingerprint density at radius 2 is 2.07 bits per heavy atom. The topological polar surface area (TPSA) is 91.6 Å². The summed E-state index contributed by atoms with van der Waals surface area (Å²) < 4.78 is 28.2. The number of aromatic hydroxyl groups is 1. The standard InChI is InChI=1S/C21H19F2N3O4/c1-11-3-2-4-14-9-25-10-15(18(27)19(28)17(25)21(30)26(11)14)20(29)24-8-12-5-6-13(22)7-16(12)23/h5-7,10,14,28H,1-4,8-9H2,(H,24,29)/t14-/m0/s1. The van der Waals surface area contributed by atoms with Crippen LogP contribution in [0.25, 0.3) is 0 Å². The third-order valence-corrected chi connectivity index (χ3v) is 5.49. The Hall–Kier alpha value is -3.49. The molecule has 0 aliphatic carbocycles. The fourth-order valence-corrected chi connectivity index (χ4v) is 3.99. The van der Waals surface area contributed by atoms with Crippen LogP contribution in [0, 0.1) is 11.6 Å². The maximum Gasteiger partial charge on any atom is 0.278 e. The van der Waals surface area contributed by atoms with E-state index in [4.69, 9.17) is 0 Å². The van der Waals surface area contributed by atoms with Gasteiger partial charge in [-0.15, -0.1) is 0 Å². The molecule has 2 aliphatic rings. The van der Waals surface area contributed by atoms with Crippen molar-refractivity contribution in [3.63, 3.8) is 0 Å². The van der Waals surface area contributed by atoms with E-state index in [1.54, 1.807) is 0 Å². The summed E-state index contributed by atoms with van der Waals surface area (Å²) in [5.74, 6) is -3.74. The molecule has 4 rings (SSSR count). The van der Waals surface area contributed by atoms with Gasteiger partial charge in [-0.1, -0.05) is 12.6 Å². The summed E-state index contributed by atoms with van der Waals surface area (Å²) >= 11 is 0. The highest BCUT2D eigenvalue weighted by Gasteiger charge is 2.38. The lowest BCUT2D eigenvalue weighted by Gasteiger charge is -2.41. The number of pyridine rings is 1. The molecule has 156 valence electrons. The van der Waals surface area contributed by atoms with Crippen LogP contribution in [0.4, 0.5) is 8.78 Å². The van der Waals surface area contributed by atoms with E-state index in [-0.39, 0.29) is 29.4 Å². The number of nitrogens with one attached hydrogen (secondary N) is 1. The molecule has 0 spiro atoms. The molecule has 30 heavy (non-hydrogen) atoms. The van der Waals surface area contributed by atoms with Gasteiger partial charge >= 0.3 is 0 Å². The molecule has 2 amide bonds. The van der Waals surface area contributed by atoms with Gasteiger partial charge in [0.2, 0.25) is 5.43 Å². The van der Waals surface area contributed by atoms with E-state index < -0.39 is 34.6 Å².